The van der Waals surface area contributed by atoms with E-state index in [1.54, 1.807) is 45.0 Å². The Balaban J connectivity index is 1.59. The van der Waals surface area contributed by atoms with Gasteiger partial charge in [-0.25, -0.2) is 17.9 Å². The van der Waals surface area contributed by atoms with E-state index in [0.717, 1.165) is 4.90 Å². The number of benzene rings is 2. The Kier molecular flexibility index (Phi) is 7.24. The predicted molar refractivity (Wildman–Crippen MR) is 135 cm³/mol. The summed E-state index contributed by atoms with van der Waals surface area (Å²) in [5.74, 6) is -0.809. The van der Waals surface area contributed by atoms with Gasteiger partial charge in [-0.1, -0.05) is 23.7 Å². The number of hydrogen-bond acceptors (Lipinski definition) is 7. The minimum atomic E-state index is -4.09. The second-order valence-corrected chi connectivity index (χ2v) is 12.0. The predicted octanol–water partition coefficient (Wildman–Crippen LogP) is 3.30. The third-order valence-corrected chi connectivity index (χ3v) is 7.83. The van der Waals surface area contributed by atoms with Gasteiger partial charge in [0.2, 0.25) is 10.0 Å². The van der Waals surface area contributed by atoms with Gasteiger partial charge in [0.15, 0.2) is 0 Å². The van der Waals surface area contributed by atoms with Crippen molar-refractivity contribution in [1.29, 1.82) is 0 Å². The van der Waals surface area contributed by atoms with Gasteiger partial charge >= 0.3 is 6.09 Å². The summed E-state index contributed by atoms with van der Waals surface area (Å²) in [6.45, 7) is 5.01. The zero-order valence-corrected chi connectivity index (χ0v) is 22.4. The van der Waals surface area contributed by atoms with E-state index in [-0.39, 0.29) is 35.2 Å². The number of hydrogen-bond donors (Lipinski definition) is 1. The lowest BCUT2D eigenvalue weighted by Crippen LogP contribution is -2.46. The first-order chi connectivity index (χ1) is 17.3. The van der Waals surface area contributed by atoms with Crippen molar-refractivity contribution in [3.8, 4) is 5.75 Å². The lowest BCUT2D eigenvalue weighted by Gasteiger charge is -2.30. The molecule has 0 unspecified atom stereocenters. The maximum absolute atomic E-state index is 13.2. The summed E-state index contributed by atoms with van der Waals surface area (Å²) >= 11 is 6.02. The molecule has 0 spiro atoms. The Bertz CT molecular complexity index is 1320. The summed E-state index contributed by atoms with van der Waals surface area (Å²) in [5.41, 5.74) is -0.220. The number of fused-ring (bicyclic) bond motifs is 1. The van der Waals surface area contributed by atoms with Crippen molar-refractivity contribution < 1.29 is 32.3 Å². The largest absolute Gasteiger partial charge is 0.495 e. The highest BCUT2D eigenvalue weighted by Crippen LogP contribution is 2.30. The van der Waals surface area contributed by atoms with E-state index in [1.165, 1.54) is 30.2 Å². The standard InChI is InChI=1S/C25H28ClN3O7S/c1-25(2,3)36-24(32)28-13-16(27-37(33,34)21-11-15(26)9-10-20(21)35-4)12-17(28)14-29-22(30)18-7-5-6-8-19(18)23(29)31/h5-11,16-17,27H,12-14H2,1-4H3/t16-,17-/m1/s1. The van der Waals surface area contributed by atoms with Crippen LogP contribution in [0.3, 0.4) is 0 Å². The number of ether oxygens (including phenoxy) is 2. The van der Waals surface area contributed by atoms with Crippen LogP contribution in [-0.4, -0.2) is 74.0 Å². The molecule has 2 aromatic rings. The van der Waals surface area contributed by atoms with Gasteiger partial charge in [-0.05, 0) is 57.5 Å². The highest BCUT2D eigenvalue weighted by atomic mass is 35.5. The van der Waals surface area contributed by atoms with Crippen molar-refractivity contribution >= 4 is 39.5 Å². The number of nitrogens with zero attached hydrogens (tertiary/aromatic N) is 2. The monoisotopic (exact) mass is 549 g/mol. The average molecular weight is 550 g/mol. The van der Waals surface area contributed by atoms with Crippen molar-refractivity contribution in [2.45, 2.75) is 49.8 Å². The summed E-state index contributed by atoms with van der Waals surface area (Å²) in [7, 11) is -2.75. The van der Waals surface area contributed by atoms with Gasteiger partial charge in [-0.3, -0.25) is 14.5 Å². The fraction of sp³-hybridized carbons (Fsp3) is 0.400. The fourth-order valence-corrected chi connectivity index (χ4v) is 6.15. The van der Waals surface area contributed by atoms with Crippen LogP contribution in [0.1, 0.15) is 47.9 Å². The first-order valence-corrected chi connectivity index (χ1v) is 13.5. The Morgan fingerprint density at radius 1 is 1.11 bits per heavy atom. The SMILES string of the molecule is COc1ccc(Cl)cc1S(=O)(=O)N[C@@H]1C[C@H](CN2C(=O)c3ccccc3C2=O)N(C(=O)OC(C)(C)C)C1. The lowest BCUT2D eigenvalue weighted by atomic mass is 10.1. The number of carbonyl (C=O) groups excluding carboxylic acids is 3. The summed E-state index contributed by atoms with van der Waals surface area (Å²) < 4.78 is 39.8. The molecule has 2 aromatic carbocycles. The second kappa shape index (κ2) is 9.96. The normalized spacial score (nSPS) is 19.8. The molecule has 0 radical (unpaired) electrons. The maximum Gasteiger partial charge on any atom is 0.410 e. The van der Waals surface area contributed by atoms with Crippen LogP contribution in [0.15, 0.2) is 47.4 Å². The van der Waals surface area contributed by atoms with Crippen LogP contribution in [0.5, 0.6) is 5.75 Å². The number of amides is 3. The van der Waals surface area contributed by atoms with Gasteiger partial charge in [0.05, 0.1) is 24.3 Å². The number of carbonyl (C=O) groups is 3. The van der Waals surface area contributed by atoms with E-state index in [9.17, 15) is 22.8 Å². The molecule has 2 atom stereocenters. The van der Waals surface area contributed by atoms with Crippen molar-refractivity contribution in [3.63, 3.8) is 0 Å². The lowest BCUT2D eigenvalue weighted by molar-refractivity contribution is 0.0189. The number of rotatable bonds is 6. The van der Waals surface area contributed by atoms with Gasteiger partial charge < -0.3 is 14.4 Å². The fourth-order valence-electron chi connectivity index (χ4n) is 4.48. The second-order valence-electron chi connectivity index (χ2n) is 9.90. The first-order valence-electron chi connectivity index (χ1n) is 11.6. The van der Waals surface area contributed by atoms with Crippen LogP contribution in [0.2, 0.25) is 5.02 Å². The highest BCUT2D eigenvalue weighted by molar-refractivity contribution is 7.89. The zero-order valence-electron chi connectivity index (χ0n) is 20.9. The number of halogens is 1. The summed E-state index contributed by atoms with van der Waals surface area (Å²) in [6.07, 6.45) is -0.523. The molecule has 4 rings (SSSR count). The average Bonchev–Trinajstić information content (AvgIpc) is 3.32. The van der Waals surface area contributed by atoms with Gasteiger partial charge in [0, 0.05) is 24.2 Å². The summed E-state index contributed by atoms with van der Waals surface area (Å²) in [5, 5.41) is 0.214. The van der Waals surface area contributed by atoms with Crippen molar-refractivity contribution in [3.05, 3.63) is 58.6 Å². The highest BCUT2D eigenvalue weighted by Gasteiger charge is 2.44. The Morgan fingerprint density at radius 3 is 2.30 bits per heavy atom. The van der Waals surface area contributed by atoms with Crippen molar-refractivity contribution in [2.24, 2.45) is 0 Å². The van der Waals surface area contributed by atoms with Gasteiger partial charge in [-0.2, -0.15) is 0 Å². The number of sulfonamides is 1. The van der Waals surface area contributed by atoms with Crippen LogP contribution >= 0.6 is 11.6 Å². The van der Waals surface area contributed by atoms with Crippen molar-refractivity contribution in [2.75, 3.05) is 20.2 Å². The molecule has 0 aromatic heterocycles. The molecule has 1 fully saturated rings. The molecule has 2 aliphatic rings. The molecule has 10 nitrogen and oxygen atoms in total. The van der Waals surface area contributed by atoms with E-state index < -0.39 is 45.6 Å². The number of likely N-dealkylation sites (tertiary alicyclic amines) is 1. The molecule has 2 heterocycles. The molecular formula is C25H28ClN3O7S. The van der Waals surface area contributed by atoms with Crippen LogP contribution in [0.4, 0.5) is 4.79 Å². The molecule has 0 saturated carbocycles. The molecule has 1 N–H and O–H groups in total. The van der Waals surface area contributed by atoms with E-state index in [4.69, 9.17) is 21.1 Å². The van der Waals surface area contributed by atoms with E-state index in [1.807, 2.05) is 0 Å². The molecule has 0 aliphatic carbocycles. The van der Waals surface area contributed by atoms with Crippen LogP contribution < -0.4 is 9.46 Å². The van der Waals surface area contributed by atoms with Gasteiger partial charge in [0.25, 0.3) is 11.8 Å². The number of nitrogens with one attached hydrogen (secondary N) is 1. The van der Waals surface area contributed by atoms with Gasteiger partial charge in [-0.15, -0.1) is 0 Å². The third kappa shape index (κ3) is 5.58. The minimum Gasteiger partial charge on any atom is -0.495 e. The molecule has 0 bridgehead atoms. The Labute approximate surface area is 220 Å². The van der Waals surface area contributed by atoms with E-state index in [2.05, 4.69) is 4.72 Å². The molecular weight excluding hydrogens is 522 g/mol. The van der Waals surface area contributed by atoms with Crippen LogP contribution in [0, 0.1) is 0 Å². The van der Waals surface area contributed by atoms with Crippen LogP contribution in [-0.2, 0) is 14.8 Å². The summed E-state index contributed by atoms with van der Waals surface area (Å²) in [4.78, 5) is 41.2. The maximum atomic E-state index is 13.2. The zero-order chi connectivity index (χ0) is 27.1. The first kappa shape index (κ1) is 26.9. The van der Waals surface area contributed by atoms with Crippen molar-refractivity contribution in [1.82, 2.24) is 14.5 Å². The van der Waals surface area contributed by atoms with Crippen LogP contribution in [0.25, 0.3) is 0 Å². The quantitative estimate of drug-likeness (QED) is 0.548. The Morgan fingerprint density at radius 2 is 1.73 bits per heavy atom. The van der Waals surface area contributed by atoms with Gasteiger partial charge in [0.1, 0.15) is 16.2 Å². The summed E-state index contributed by atoms with van der Waals surface area (Å²) in [6, 6.07) is 9.33. The molecule has 2 aliphatic heterocycles. The molecule has 198 valence electrons. The minimum absolute atomic E-state index is 0.0230. The molecule has 3 amide bonds. The number of imide groups is 1. The molecule has 1 saturated heterocycles. The van der Waals surface area contributed by atoms with E-state index >= 15 is 0 Å². The number of methoxy groups -OCH3 is 1. The topological polar surface area (TPSA) is 122 Å². The third-order valence-electron chi connectivity index (χ3n) is 6.05. The smallest absolute Gasteiger partial charge is 0.410 e. The Hall–Kier alpha value is -3.15. The molecule has 37 heavy (non-hydrogen) atoms. The molecule has 12 heteroatoms. The van der Waals surface area contributed by atoms with E-state index in [0.29, 0.717) is 11.1 Å².